The van der Waals surface area contributed by atoms with Gasteiger partial charge in [0, 0.05) is 18.8 Å². The largest absolute Gasteiger partial charge is 0.348 e. The molecule has 0 spiro atoms. The van der Waals surface area contributed by atoms with Gasteiger partial charge in [0.05, 0.1) is 12.6 Å². The molecule has 1 amide bonds. The van der Waals surface area contributed by atoms with Gasteiger partial charge in [0.15, 0.2) is 0 Å². The summed E-state index contributed by atoms with van der Waals surface area (Å²) in [5.74, 6) is -0.0552. The minimum absolute atomic E-state index is 0.0529. The minimum atomic E-state index is -0.183. The highest BCUT2D eigenvalue weighted by Gasteiger charge is 2.22. The fourth-order valence-electron chi connectivity index (χ4n) is 3.81. The Bertz CT molecular complexity index is 1090. The van der Waals surface area contributed by atoms with Gasteiger partial charge in [0.2, 0.25) is 16.0 Å². The monoisotopic (exact) mass is 411 g/mol. The van der Waals surface area contributed by atoms with Crippen LogP contribution in [0.1, 0.15) is 49.0 Å². The molecule has 0 saturated carbocycles. The average Bonchev–Trinajstić information content (AvgIpc) is 3.13. The molecule has 1 atom stereocenters. The van der Waals surface area contributed by atoms with Gasteiger partial charge < -0.3 is 10.2 Å². The zero-order chi connectivity index (χ0) is 20.4. The van der Waals surface area contributed by atoms with Crippen LogP contribution in [-0.2, 0) is 17.6 Å². The second kappa shape index (κ2) is 8.32. The first-order valence-electron chi connectivity index (χ1n) is 10.0. The molecule has 152 valence electrons. The molecule has 7 nitrogen and oxygen atoms in total. The van der Waals surface area contributed by atoms with Crippen LogP contribution in [0.2, 0.25) is 0 Å². The maximum Gasteiger partial charge on any atom is 0.275 e. The Kier molecular flexibility index (Phi) is 5.62. The van der Waals surface area contributed by atoms with E-state index in [-0.39, 0.29) is 24.1 Å². The number of likely N-dealkylation sites (N-methyl/N-ethyl adjacent to an activating group) is 1. The van der Waals surface area contributed by atoms with Gasteiger partial charge >= 0.3 is 0 Å². The highest BCUT2D eigenvalue weighted by atomic mass is 32.1. The van der Waals surface area contributed by atoms with Crippen LogP contribution in [0, 0.1) is 0 Å². The van der Waals surface area contributed by atoms with E-state index in [0.717, 1.165) is 37.8 Å². The fourth-order valence-corrected chi connectivity index (χ4v) is 4.70. The van der Waals surface area contributed by atoms with Crippen molar-refractivity contribution in [1.29, 1.82) is 0 Å². The third-order valence-corrected chi connectivity index (χ3v) is 6.23. The molecule has 4 rings (SSSR count). The Hall–Kier alpha value is -2.74. The molecule has 1 aromatic carbocycles. The van der Waals surface area contributed by atoms with E-state index in [4.69, 9.17) is 0 Å². The Morgan fingerprint density at radius 2 is 2.21 bits per heavy atom. The highest BCUT2D eigenvalue weighted by molar-refractivity contribution is 7.20. The minimum Gasteiger partial charge on any atom is -0.348 e. The number of benzene rings is 1. The lowest BCUT2D eigenvalue weighted by Gasteiger charge is -2.27. The van der Waals surface area contributed by atoms with Crippen molar-refractivity contribution < 1.29 is 4.79 Å². The first kappa shape index (κ1) is 19.6. The first-order valence-corrected chi connectivity index (χ1v) is 10.8. The van der Waals surface area contributed by atoms with E-state index in [1.165, 1.54) is 33.0 Å². The molecule has 0 fully saturated rings. The average molecular weight is 412 g/mol. The lowest BCUT2D eigenvalue weighted by molar-refractivity contribution is -0.120. The molecule has 3 aromatic rings. The zero-order valence-corrected chi connectivity index (χ0v) is 17.5. The summed E-state index contributed by atoms with van der Waals surface area (Å²) in [6.45, 7) is 2.23. The van der Waals surface area contributed by atoms with Crippen molar-refractivity contribution in [3.05, 3.63) is 57.5 Å². The van der Waals surface area contributed by atoms with E-state index >= 15 is 0 Å². The van der Waals surface area contributed by atoms with E-state index in [9.17, 15) is 9.59 Å². The molecule has 29 heavy (non-hydrogen) atoms. The van der Waals surface area contributed by atoms with Crippen molar-refractivity contribution in [2.24, 2.45) is 0 Å². The molecule has 2 heterocycles. The molecule has 0 saturated heterocycles. The van der Waals surface area contributed by atoms with Crippen LogP contribution < -0.4 is 15.8 Å². The predicted molar refractivity (Wildman–Crippen MR) is 115 cm³/mol. The summed E-state index contributed by atoms with van der Waals surface area (Å²) >= 11 is 1.32. The van der Waals surface area contributed by atoms with E-state index in [0.29, 0.717) is 10.1 Å². The van der Waals surface area contributed by atoms with Crippen molar-refractivity contribution >= 4 is 27.3 Å². The quantitative estimate of drug-likeness (QED) is 0.675. The van der Waals surface area contributed by atoms with Crippen LogP contribution in [0.15, 0.2) is 35.1 Å². The van der Waals surface area contributed by atoms with Crippen LogP contribution in [0.3, 0.4) is 0 Å². The van der Waals surface area contributed by atoms with Crippen LogP contribution in [0.4, 0.5) is 5.13 Å². The molecule has 1 unspecified atom stereocenters. The number of carbonyl (C=O) groups excluding carboxylic acids is 1. The van der Waals surface area contributed by atoms with E-state index in [2.05, 4.69) is 34.5 Å². The van der Waals surface area contributed by atoms with Gasteiger partial charge in [-0.25, -0.2) is 4.98 Å². The fraction of sp³-hybridized carbons (Fsp3) is 0.429. The standard InChI is InChI=1S/C21H25N5O2S/c1-3-7-15-12-19(28)26-20(22-15)29-21(24-26)25(2)13-18(27)23-17-11-6-9-14-8-4-5-10-16(14)17/h4-5,8,10,12,17H,3,6-7,9,11,13H2,1-2H3,(H,23,27). The van der Waals surface area contributed by atoms with Crippen molar-refractivity contribution in [2.75, 3.05) is 18.5 Å². The number of hydrogen-bond donors (Lipinski definition) is 1. The van der Waals surface area contributed by atoms with Crippen LogP contribution in [-0.4, -0.2) is 34.1 Å². The Balaban J connectivity index is 1.47. The van der Waals surface area contributed by atoms with Crippen molar-refractivity contribution in [3.8, 4) is 0 Å². The van der Waals surface area contributed by atoms with Gasteiger partial charge in [-0.2, -0.15) is 4.52 Å². The zero-order valence-electron chi connectivity index (χ0n) is 16.7. The molecule has 1 aliphatic carbocycles. The van der Waals surface area contributed by atoms with E-state index in [1.807, 2.05) is 19.2 Å². The number of aryl methyl sites for hydroxylation is 2. The number of nitrogens with zero attached hydrogens (tertiary/aromatic N) is 4. The second-order valence-electron chi connectivity index (χ2n) is 7.48. The number of amides is 1. The van der Waals surface area contributed by atoms with Crippen molar-refractivity contribution in [2.45, 2.75) is 45.1 Å². The molecule has 1 N–H and O–H groups in total. The maximum atomic E-state index is 12.7. The Labute approximate surface area is 173 Å². The molecule has 1 aliphatic rings. The topological polar surface area (TPSA) is 79.6 Å². The van der Waals surface area contributed by atoms with Gasteiger partial charge in [-0.3, -0.25) is 9.59 Å². The van der Waals surface area contributed by atoms with Crippen LogP contribution in [0.25, 0.3) is 4.96 Å². The first-order chi connectivity index (χ1) is 14.0. The van der Waals surface area contributed by atoms with Gasteiger partial charge in [0.25, 0.3) is 5.56 Å². The molecule has 0 aliphatic heterocycles. The number of carbonyl (C=O) groups is 1. The number of anilines is 1. The Morgan fingerprint density at radius 1 is 1.38 bits per heavy atom. The normalized spacial score (nSPS) is 15.9. The van der Waals surface area contributed by atoms with E-state index < -0.39 is 0 Å². The lowest BCUT2D eigenvalue weighted by atomic mass is 9.88. The van der Waals surface area contributed by atoms with Gasteiger partial charge in [-0.1, -0.05) is 48.9 Å². The summed E-state index contributed by atoms with van der Waals surface area (Å²) in [5.41, 5.74) is 3.13. The van der Waals surface area contributed by atoms with Crippen LogP contribution >= 0.6 is 11.3 Å². The van der Waals surface area contributed by atoms with Gasteiger partial charge in [0.1, 0.15) is 0 Å². The van der Waals surface area contributed by atoms with Crippen molar-refractivity contribution in [3.63, 3.8) is 0 Å². The summed E-state index contributed by atoms with van der Waals surface area (Å²) in [7, 11) is 1.81. The summed E-state index contributed by atoms with van der Waals surface area (Å²) in [5, 5.41) is 8.11. The molecule has 0 radical (unpaired) electrons. The number of aromatic nitrogens is 3. The third-order valence-electron chi connectivity index (χ3n) is 5.21. The lowest BCUT2D eigenvalue weighted by Crippen LogP contribution is -2.38. The SMILES string of the molecule is CCCc1cc(=O)n2nc(N(C)CC(=O)NC3CCCc4ccccc43)sc2n1. The smallest absolute Gasteiger partial charge is 0.275 e. The third kappa shape index (κ3) is 4.17. The molecular formula is C21H25N5O2S. The maximum absolute atomic E-state index is 12.7. The Morgan fingerprint density at radius 3 is 3.03 bits per heavy atom. The van der Waals surface area contributed by atoms with Crippen molar-refractivity contribution in [1.82, 2.24) is 19.9 Å². The van der Waals surface area contributed by atoms with Gasteiger partial charge in [-0.15, -0.1) is 5.10 Å². The number of rotatable bonds is 6. The summed E-state index contributed by atoms with van der Waals surface area (Å²) in [4.78, 5) is 31.8. The molecule has 2 aromatic heterocycles. The predicted octanol–water partition coefficient (Wildman–Crippen LogP) is 2.73. The molecule has 8 heteroatoms. The van der Waals surface area contributed by atoms with E-state index in [1.54, 1.807) is 4.90 Å². The summed E-state index contributed by atoms with van der Waals surface area (Å²) in [6, 6.07) is 9.89. The van der Waals surface area contributed by atoms with Crippen LogP contribution in [0.5, 0.6) is 0 Å². The summed E-state index contributed by atoms with van der Waals surface area (Å²) < 4.78 is 1.31. The number of hydrogen-bond acceptors (Lipinski definition) is 6. The molecule has 0 bridgehead atoms. The molecular weight excluding hydrogens is 386 g/mol. The number of nitrogens with one attached hydrogen (secondary N) is 1. The highest BCUT2D eigenvalue weighted by Crippen LogP contribution is 2.29. The summed E-state index contributed by atoms with van der Waals surface area (Å²) in [6.07, 6.45) is 4.78. The second-order valence-corrected chi connectivity index (χ2v) is 8.42. The van der Waals surface area contributed by atoms with Gasteiger partial charge in [-0.05, 0) is 36.8 Å². The number of fused-ring (bicyclic) bond motifs is 2.